The van der Waals surface area contributed by atoms with E-state index in [1.807, 2.05) is 56.3 Å². The molecular weight excluding hydrogens is 354 g/mol. The maximum atomic E-state index is 12.3. The molecule has 28 heavy (non-hydrogen) atoms. The third-order valence-corrected chi connectivity index (χ3v) is 4.28. The van der Waals surface area contributed by atoms with E-state index in [-0.39, 0.29) is 5.57 Å². The lowest BCUT2D eigenvalue weighted by molar-refractivity contribution is -0.117. The second-order valence-corrected chi connectivity index (χ2v) is 6.33. The molecule has 2 N–H and O–H groups in total. The van der Waals surface area contributed by atoms with E-state index < -0.39 is 5.91 Å². The highest BCUT2D eigenvalue weighted by Gasteiger charge is 2.09. The number of nitrogens with zero attached hydrogens (tertiary/aromatic N) is 1. The van der Waals surface area contributed by atoms with Gasteiger partial charge >= 0.3 is 0 Å². The highest BCUT2D eigenvalue weighted by molar-refractivity contribution is 5.97. The number of carbonyl (C=O) groups excluding carboxylic acids is 1. The van der Waals surface area contributed by atoms with Gasteiger partial charge in [0.25, 0.3) is 5.91 Å². The molecule has 0 spiro atoms. The molecule has 6 heteroatoms. The summed E-state index contributed by atoms with van der Waals surface area (Å²) < 4.78 is 10.5. The van der Waals surface area contributed by atoms with Crippen LogP contribution in [0.15, 0.2) is 48.2 Å². The molecule has 146 valence electrons. The van der Waals surface area contributed by atoms with Crippen LogP contribution in [0.2, 0.25) is 0 Å². The molecule has 0 atom stereocenters. The van der Waals surface area contributed by atoms with Gasteiger partial charge in [-0.25, -0.2) is 0 Å². The minimum absolute atomic E-state index is 0.0215. The summed E-state index contributed by atoms with van der Waals surface area (Å²) in [5.74, 6) is 0.880. The molecule has 2 rings (SSSR count). The lowest BCUT2D eigenvalue weighted by Gasteiger charge is -2.10. The van der Waals surface area contributed by atoms with E-state index >= 15 is 0 Å². The van der Waals surface area contributed by atoms with Crippen LogP contribution in [0.25, 0.3) is 0 Å². The summed E-state index contributed by atoms with van der Waals surface area (Å²) in [6.45, 7) is 4.35. The van der Waals surface area contributed by atoms with Gasteiger partial charge in [-0.1, -0.05) is 18.2 Å². The van der Waals surface area contributed by atoms with Crippen molar-refractivity contribution in [2.75, 3.05) is 26.1 Å². The molecule has 1 amide bonds. The molecule has 2 aromatic rings. The molecule has 0 radical (unpaired) electrons. The first-order valence-corrected chi connectivity index (χ1v) is 8.91. The Labute approximate surface area is 165 Å². The minimum atomic E-state index is -0.416. The van der Waals surface area contributed by atoms with Crippen LogP contribution in [-0.2, 0) is 11.2 Å². The van der Waals surface area contributed by atoms with Crippen LogP contribution < -0.4 is 20.1 Å². The first-order valence-electron chi connectivity index (χ1n) is 8.91. The van der Waals surface area contributed by atoms with Crippen LogP contribution in [-0.4, -0.2) is 26.7 Å². The van der Waals surface area contributed by atoms with Gasteiger partial charge in [0.2, 0.25) is 0 Å². The summed E-state index contributed by atoms with van der Waals surface area (Å²) in [6, 6.07) is 13.5. The fourth-order valence-electron chi connectivity index (χ4n) is 2.64. The summed E-state index contributed by atoms with van der Waals surface area (Å²) in [4.78, 5) is 12.3. The zero-order valence-electron chi connectivity index (χ0n) is 16.6. The number of amides is 1. The van der Waals surface area contributed by atoms with E-state index in [2.05, 4.69) is 10.6 Å². The van der Waals surface area contributed by atoms with E-state index in [1.54, 1.807) is 14.2 Å². The fourth-order valence-corrected chi connectivity index (χ4v) is 2.64. The summed E-state index contributed by atoms with van der Waals surface area (Å²) in [5, 5.41) is 15.1. The van der Waals surface area contributed by atoms with Crippen molar-refractivity contribution < 1.29 is 14.3 Å². The van der Waals surface area contributed by atoms with Gasteiger partial charge in [0.1, 0.15) is 11.6 Å². The topological polar surface area (TPSA) is 83.4 Å². The fraction of sp³-hybridized carbons (Fsp3) is 0.273. The summed E-state index contributed by atoms with van der Waals surface area (Å²) >= 11 is 0. The molecular formula is C22H25N3O3. The number of hydrogen-bond acceptors (Lipinski definition) is 5. The van der Waals surface area contributed by atoms with E-state index in [9.17, 15) is 10.1 Å². The molecule has 2 aromatic carbocycles. The smallest absolute Gasteiger partial charge is 0.263 e. The molecule has 0 fully saturated rings. The number of aryl methyl sites for hydroxylation is 2. The number of hydrogen-bond donors (Lipinski definition) is 2. The van der Waals surface area contributed by atoms with E-state index in [0.717, 1.165) is 22.4 Å². The highest BCUT2D eigenvalue weighted by Crippen LogP contribution is 2.27. The standard InChI is InChI=1S/C22H25N3O3/c1-15-5-6-16(2)19(11-15)25-14-18(13-23)22(26)24-10-9-17-7-8-20(27-3)21(12-17)28-4/h5-8,11-12,14,25H,9-10H2,1-4H3,(H,24,26)/b18-14-. The Morgan fingerprint density at radius 1 is 1.11 bits per heavy atom. The maximum absolute atomic E-state index is 12.3. The number of nitrogens with one attached hydrogen (secondary N) is 2. The Hall–Kier alpha value is -3.46. The number of rotatable bonds is 8. The third-order valence-electron chi connectivity index (χ3n) is 4.28. The quantitative estimate of drug-likeness (QED) is 0.542. The molecule has 6 nitrogen and oxygen atoms in total. The molecule has 0 saturated carbocycles. The molecule has 0 bridgehead atoms. The van der Waals surface area contributed by atoms with E-state index in [1.165, 1.54) is 6.20 Å². The number of carbonyl (C=O) groups is 1. The van der Waals surface area contributed by atoms with Gasteiger partial charge in [-0.15, -0.1) is 0 Å². The summed E-state index contributed by atoms with van der Waals surface area (Å²) in [7, 11) is 3.16. The van der Waals surface area contributed by atoms with E-state index in [4.69, 9.17) is 9.47 Å². The van der Waals surface area contributed by atoms with Crippen LogP contribution in [0.1, 0.15) is 16.7 Å². The predicted octanol–water partition coefficient (Wildman–Crippen LogP) is 3.50. The van der Waals surface area contributed by atoms with Crippen LogP contribution in [0.4, 0.5) is 5.69 Å². The second-order valence-electron chi connectivity index (χ2n) is 6.33. The predicted molar refractivity (Wildman–Crippen MR) is 109 cm³/mol. The average Bonchev–Trinajstić information content (AvgIpc) is 2.70. The van der Waals surface area contributed by atoms with Gasteiger partial charge < -0.3 is 20.1 Å². The molecule has 0 aliphatic rings. The van der Waals surface area contributed by atoms with Crippen LogP contribution in [0, 0.1) is 25.2 Å². The van der Waals surface area contributed by atoms with Crippen LogP contribution in [0.3, 0.4) is 0 Å². The number of ether oxygens (including phenoxy) is 2. The number of methoxy groups -OCH3 is 2. The van der Waals surface area contributed by atoms with Crippen molar-refractivity contribution in [3.8, 4) is 17.6 Å². The van der Waals surface area contributed by atoms with Crippen LogP contribution in [0.5, 0.6) is 11.5 Å². The maximum Gasteiger partial charge on any atom is 0.263 e. The van der Waals surface area contributed by atoms with E-state index in [0.29, 0.717) is 24.5 Å². The zero-order chi connectivity index (χ0) is 20.5. The molecule has 0 unspecified atom stereocenters. The Morgan fingerprint density at radius 3 is 2.54 bits per heavy atom. The lowest BCUT2D eigenvalue weighted by atomic mass is 10.1. The first-order chi connectivity index (χ1) is 13.5. The lowest BCUT2D eigenvalue weighted by Crippen LogP contribution is -2.27. The van der Waals surface area contributed by atoms with Gasteiger partial charge in [-0.05, 0) is 55.2 Å². The van der Waals surface area contributed by atoms with Crippen molar-refractivity contribution in [1.29, 1.82) is 5.26 Å². The van der Waals surface area contributed by atoms with Crippen molar-refractivity contribution in [1.82, 2.24) is 5.32 Å². The summed E-state index contributed by atoms with van der Waals surface area (Å²) in [6.07, 6.45) is 2.04. The van der Waals surface area contributed by atoms with Gasteiger partial charge in [-0.2, -0.15) is 5.26 Å². The highest BCUT2D eigenvalue weighted by atomic mass is 16.5. The van der Waals surface area contributed by atoms with Gasteiger partial charge in [0.05, 0.1) is 14.2 Å². The second kappa shape index (κ2) is 10.0. The number of anilines is 1. The van der Waals surface area contributed by atoms with Crippen molar-refractivity contribution in [2.24, 2.45) is 0 Å². The minimum Gasteiger partial charge on any atom is -0.493 e. The van der Waals surface area contributed by atoms with Gasteiger partial charge in [0, 0.05) is 18.4 Å². The molecule has 0 aromatic heterocycles. The van der Waals surface area contributed by atoms with Crippen molar-refractivity contribution >= 4 is 11.6 Å². The van der Waals surface area contributed by atoms with Gasteiger partial charge in [0.15, 0.2) is 11.5 Å². The largest absolute Gasteiger partial charge is 0.493 e. The van der Waals surface area contributed by atoms with Crippen LogP contribution >= 0.6 is 0 Å². The monoisotopic (exact) mass is 379 g/mol. The number of benzene rings is 2. The van der Waals surface area contributed by atoms with Crippen molar-refractivity contribution in [3.63, 3.8) is 0 Å². The van der Waals surface area contributed by atoms with Crippen molar-refractivity contribution in [3.05, 3.63) is 64.9 Å². The van der Waals surface area contributed by atoms with Crippen molar-refractivity contribution in [2.45, 2.75) is 20.3 Å². The molecule has 0 heterocycles. The zero-order valence-corrected chi connectivity index (χ0v) is 16.6. The molecule has 0 saturated heterocycles. The third kappa shape index (κ3) is 5.52. The number of nitriles is 1. The Bertz CT molecular complexity index is 914. The normalized spacial score (nSPS) is 10.8. The first kappa shape index (κ1) is 20.8. The SMILES string of the molecule is COc1ccc(CCNC(=O)/C(C#N)=C\Nc2cc(C)ccc2C)cc1OC. The Morgan fingerprint density at radius 2 is 1.86 bits per heavy atom. The molecule has 0 aliphatic carbocycles. The summed E-state index contributed by atoms with van der Waals surface area (Å²) in [5.41, 5.74) is 4.01. The van der Waals surface area contributed by atoms with Gasteiger partial charge in [-0.3, -0.25) is 4.79 Å². The Kier molecular flexibility index (Phi) is 7.46. The average molecular weight is 379 g/mol. The Balaban J connectivity index is 1.95. The molecule has 0 aliphatic heterocycles.